The number of rotatable bonds is 2. The van der Waals surface area contributed by atoms with Crippen LogP contribution >= 0.6 is 11.3 Å². The zero-order valence-corrected chi connectivity index (χ0v) is 17.3. The van der Waals surface area contributed by atoms with Gasteiger partial charge in [-0.15, -0.1) is 11.3 Å². The van der Waals surface area contributed by atoms with Crippen LogP contribution in [0.1, 0.15) is 40.2 Å². The number of aryl methyl sites for hydroxylation is 1. The van der Waals surface area contributed by atoms with Crippen LogP contribution in [0.15, 0.2) is 47.8 Å². The molecule has 1 N–H and O–H groups in total. The Kier molecular flexibility index (Phi) is 3.90. The number of fused-ring (bicyclic) bond motifs is 4. The molecular weight excluding hydrogens is 382 g/mol. The van der Waals surface area contributed by atoms with Crippen molar-refractivity contribution in [2.45, 2.75) is 26.2 Å². The molecule has 3 aromatic rings. The number of aromatic nitrogens is 2. The molecule has 146 valence electrons. The first-order valence-corrected chi connectivity index (χ1v) is 10.6. The minimum atomic E-state index is -0.318. The number of hydrogen-bond donors (Lipinski definition) is 1. The fraction of sp³-hybridized carbons (Fsp3) is 0.261. The molecule has 0 saturated carbocycles. The third kappa shape index (κ3) is 2.48. The normalized spacial score (nSPS) is 23.6. The summed E-state index contributed by atoms with van der Waals surface area (Å²) < 4.78 is 0. The molecule has 0 unspecified atom stereocenters. The molecule has 1 aliphatic heterocycles. The van der Waals surface area contributed by atoms with Crippen molar-refractivity contribution in [3.63, 3.8) is 0 Å². The lowest BCUT2D eigenvalue weighted by atomic mass is 9.69. The zero-order chi connectivity index (χ0) is 20.3. The number of ketones is 1. The molecule has 1 amide bonds. The predicted molar refractivity (Wildman–Crippen MR) is 115 cm³/mol. The summed E-state index contributed by atoms with van der Waals surface area (Å²) in [5.74, 6) is 0.127. The Balaban J connectivity index is 1.50. The topological polar surface area (TPSA) is 66.1 Å². The number of hydrogen-bond acceptors (Lipinski definition) is 4. The van der Waals surface area contributed by atoms with Crippen LogP contribution in [0.4, 0.5) is 0 Å². The maximum Gasteiger partial charge on any atom is 0.250 e. The van der Waals surface area contributed by atoms with Crippen molar-refractivity contribution in [1.82, 2.24) is 14.9 Å². The molecular formula is C23H21N3O2S. The molecule has 0 aromatic carbocycles. The number of amides is 1. The standard InChI is InChI=1S/C23H21N3O2S/c1-13-12-29-21-17(27)9-18-23(3,20(13)21)14(2)11-26(18)19(28)7-6-15-10-25-22-16(15)5-4-8-24-22/h4-10,12,14H,11H2,1-3H3,(H,24,25)/b7-6+/t14-,23+/m0/s1. The highest BCUT2D eigenvalue weighted by Gasteiger charge is 2.52. The van der Waals surface area contributed by atoms with Gasteiger partial charge in [-0.1, -0.05) is 6.92 Å². The van der Waals surface area contributed by atoms with E-state index in [9.17, 15) is 9.59 Å². The number of aromatic amines is 1. The molecule has 1 fully saturated rings. The molecule has 1 aliphatic carbocycles. The second-order valence-electron chi connectivity index (χ2n) is 8.05. The molecule has 0 bridgehead atoms. The average molecular weight is 404 g/mol. The number of H-pyrrole nitrogens is 1. The minimum Gasteiger partial charge on any atom is -0.346 e. The van der Waals surface area contributed by atoms with Crippen LogP contribution in [0, 0.1) is 12.8 Å². The fourth-order valence-corrected chi connectivity index (χ4v) is 5.80. The van der Waals surface area contributed by atoms with E-state index in [0.717, 1.165) is 38.3 Å². The summed E-state index contributed by atoms with van der Waals surface area (Å²) in [5, 5.41) is 3.02. The molecule has 5 rings (SSSR count). The Morgan fingerprint density at radius 2 is 2.28 bits per heavy atom. The Labute approximate surface area is 172 Å². The van der Waals surface area contributed by atoms with Gasteiger partial charge in [-0.05, 0) is 54.5 Å². The van der Waals surface area contributed by atoms with E-state index in [1.54, 1.807) is 23.2 Å². The van der Waals surface area contributed by atoms with Crippen LogP contribution in [0.5, 0.6) is 0 Å². The molecule has 0 spiro atoms. The maximum absolute atomic E-state index is 13.1. The quantitative estimate of drug-likeness (QED) is 0.643. The summed E-state index contributed by atoms with van der Waals surface area (Å²) >= 11 is 1.51. The summed E-state index contributed by atoms with van der Waals surface area (Å²) in [6.07, 6.45) is 8.66. The van der Waals surface area contributed by atoms with Gasteiger partial charge in [0, 0.05) is 53.2 Å². The number of allylic oxidation sites excluding steroid dienone is 2. The molecule has 1 saturated heterocycles. The van der Waals surface area contributed by atoms with Gasteiger partial charge >= 0.3 is 0 Å². The van der Waals surface area contributed by atoms with Crippen LogP contribution in [-0.2, 0) is 10.2 Å². The van der Waals surface area contributed by atoms with Crippen LogP contribution in [-0.4, -0.2) is 33.1 Å². The molecule has 29 heavy (non-hydrogen) atoms. The van der Waals surface area contributed by atoms with Gasteiger partial charge in [-0.3, -0.25) is 9.59 Å². The highest BCUT2D eigenvalue weighted by atomic mass is 32.1. The van der Waals surface area contributed by atoms with Gasteiger partial charge in [-0.2, -0.15) is 0 Å². The zero-order valence-electron chi connectivity index (χ0n) is 16.5. The summed E-state index contributed by atoms with van der Waals surface area (Å²) in [4.78, 5) is 35.8. The molecule has 2 atom stereocenters. The summed E-state index contributed by atoms with van der Waals surface area (Å²) in [6, 6.07) is 3.85. The summed E-state index contributed by atoms with van der Waals surface area (Å²) in [6.45, 7) is 6.98. The van der Waals surface area contributed by atoms with Crippen molar-refractivity contribution < 1.29 is 9.59 Å². The van der Waals surface area contributed by atoms with Crippen LogP contribution in [0.2, 0.25) is 0 Å². The van der Waals surface area contributed by atoms with Gasteiger partial charge in [0.05, 0.1) is 4.88 Å². The van der Waals surface area contributed by atoms with E-state index in [1.165, 1.54) is 11.3 Å². The second kappa shape index (κ2) is 6.26. The van der Waals surface area contributed by atoms with Gasteiger partial charge in [0.25, 0.3) is 5.91 Å². The van der Waals surface area contributed by atoms with Crippen LogP contribution < -0.4 is 0 Å². The monoisotopic (exact) mass is 403 g/mol. The van der Waals surface area contributed by atoms with Crippen molar-refractivity contribution in [1.29, 1.82) is 0 Å². The molecule has 0 radical (unpaired) electrons. The van der Waals surface area contributed by atoms with E-state index in [2.05, 4.69) is 30.7 Å². The summed E-state index contributed by atoms with van der Waals surface area (Å²) in [7, 11) is 0. The smallest absolute Gasteiger partial charge is 0.250 e. The first kappa shape index (κ1) is 18.1. The number of carbonyl (C=O) groups excluding carboxylic acids is 2. The Morgan fingerprint density at radius 1 is 1.45 bits per heavy atom. The highest BCUT2D eigenvalue weighted by molar-refractivity contribution is 7.12. The van der Waals surface area contributed by atoms with E-state index in [0.29, 0.717) is 6.54 Å². The number of carbonyl (C=O) groups is 2. The average Bonchev–Trinajstić information content (AvgIpc) is 3.37. The van der Waals surface area contributed by atoms with Crippen molar-refractivity contribution in [2.75, 3.05) is 6.54 Å². The lowest BCUT2D eigenvalue weighted by molar-refractivity contribution is -0.123. The van der Waals surface area contributed by atoms with E-state index in [1.807, 2.05) is 29.8 Å². The van der Waals surface area contributed by atoms with E-state index < -0.39 is 0 Å². The number of pyridine rings is 1. The first-order chi connectivity index (χ1) is 13.9. The summed E-state index contributed by atoms with van der Waals surface area (Å²) in [5.41, 5.74) is 4.44. The molecule has 6 heteroatoms. The van der Waals surface area contributed by atoms with Gasteiger partial charge in [0.2, 0.25) is 0 Å². The lowest BCUT2D eigenvalue weighted by Crippen LogP contribution is -2.35. The van der Waals surface area contributed by atoms with Gasteiger partial charge in [-0.25, -0.2) is 4.98 Å². The second-order valence-corrected chi connectivity index (χ2v) is 8.93. The van der Waals surface area contributed by atoms with E-state index >= 15 is 0 Å². The third-order valence-electron chi connectivity index (χ3n) is 6.41. The lowest BCUT2D eigenvalue weighted by Gasteiger charge is -2.34. The van der Waals surface area contributed by atoms with Crippen molar-refractivity contribution in [3.8, 4) is 0 Å². The first-order valence-electron chi connectivity index (χ1n) is 9.68. The molecule has 5 nitrogen and oxygen atoms in total. The fourth-order valence-electron chi connectivity index (χ4n) is 4.73. The van der Waals surface area contributed by atoms with Gasteiger partial charge < -0.3 is 9.88 Å². The van der Waals surface area contributed by atoms with Crippen molar-refractivity contribution in [2.24, 2.45) is 5.92 Å². The Hall–Kier alpha value is -2.99. The largest absolute Gasteiger partial charge is 0.346 e. The number of likely N-dealkylation sites (tertiary alicyclic amines) is 1. The molecule has 2 aliphatic rings. The van der Waals surface area contributed by atoms with Crippen LogP contribution in [0.25, 0.3) is 17.1 Å². The van der Waals surface area contributed by atoms with Crippen molar-refractivity contribution in [3.05, 3.63) is 69.3 Å². The number of thiophene rings is 1. The molecule has 4 heterocycles. The predicted octanol–water partition coefficient (Wildman–Crippen LogP) is 4.46. The Bertz CT molecular complexity index is 1230. The van der Waals surface area contributed by atoms with Crippen LogP contribution in [0.3, 0.4) is 0 Å². The number of nitrogens with zero attached hydrogens (tertiary/aromatic N) is 2. The van der Waals surface area contributed by atoms with Gasteiger partial charge in [0.15, 0.2) is 5.78 Å². The van der Waals surface area contributed by atoms with Crippen molar-refractivity contribution >= 4 is 40.1 Å². The Morgan fingerprint density at radius 3 is 3.10 bits per heavy atom. The third-order valence-corrected chi connectivity index (χ3v) is 7.52. The highest BCUT2D eigenvalue weighted by Crippen LogP contribution is 2.52. The number of nitrogens with one attached hydrogen (secondary N) is 1. The van der Waals surface area contributed by atoms with E-state index in [-0.39, 0.29) is 23.0 Å². The molecule has 3 aromatic heterocycles. The maximum atomic E-state index is 13.1. The van der Waals surface area contributed by atoms with Gasteiger partial charge in [0.1, 0.15) is 5.65 Å². The SMILES string of the molecule is Cc1csc2c1[C@@]1(C)C(=CC2=O)N(C(=O)/C=C/c2c[nH]c3ncccc23)C[C@@H]1C. The minimum absolute atomic E-state index is 0.00385. The van der Waals surface area contributed by atoms with E-state index in [4.69, 9.17) is 0 Å².